The first kappa shape index (κ1) is 6.01. The molecule has 39 valence electrons. The molecule has 0 aromatic carbocycles. The number of pyridine rings is 1. The molecule has 1 heterocycles. The maximum absolute atomic E-state index is 12.2. The number of rotatable bonds is 0. The molecule has 8 heavy (non-hydrogen) atoms. The van der Waals surface area contributed by atoms with Crippen molar-refractivity contribution in [1.82, 2.24) is 4.98 Å². The molecule has 0 amide bonds. The predicted molar refractivity (Wildman–Crippen MR) is 29.6 cm³/mol. The van der Waals surface area contributed by atoms with Gasteiger partial charge in [0.15, 0.2) is 0 Å². The molecule has 0 saturated carbocycles. The number of aromatic nitrogens is 1. The van der Waals surface area contributed by atoms with Crippen molar-refractivity contribution in [2.75, 3.05) is 0 Å². The third-order valence-corrected chi connectivity index (χ3v) is 1.82. The first-order valence-electron chi connectivity index (χ1n) is 2.13. The van der Waals surface area contributed by atoms with E-state index < -0.39 is 0 Å². The fourth-order valence-electron chi connectivity index (χ4n) is 0.386. The van der Waals surface area contributed by atoms with Gasteiger partial charge in [-0.25, -0.2) is 0 Å². The van der Waals surface area contributed by atoms with Gasteiger partial charge in [0.1, 0.15) is 0 Å². The van der Waals surface area contributed by atoms with E-state index in [0.29, 0.717) is 3.58 Å². The molecule has 0 aliphatic carbocycles. The molecule has 3 heteroatoms. The Morgan fingerprint density at radius 3 is 2.75 bits per heavy atom. The summed E-state index contributed by atoms with van der Waals surface area (Å²) < 4.78 is 12.9. The third kappa shape index (κ3) is 1.18. The van der Waals surface area contributed by atoms with Crippen LogP contribution in [0.3, 0.4) is 0 Å². The predicted octanol–water partition coefficient (Wildman–Crippen LogP) is 0.0145. The van der Waals surface area contributed by atoms with Crippen molar-refractivity contribution in [1.29, 1.82) is 0 Å². The molecule has 0 atom stereocenters. The van der Waals surface area contributed by atoms with Crippen LogP contribution in [-0.2, 0) is 0 Å². The van der Waals surface area contributed by atoms with Crippen LogP contribution in [0.2, 0.25) is 0 Å². The van der Waals surface area contributed by atoms with Gasteiger partial charge >= 0.3 is 59.8 Å². The molecule has 0 fully saturated rings. The SMILES string of the molecule is Fc1nccc[c]1[Sn]. The zero-order valence-corrected chi connectivity index (χ0v) is 6.91. The van der Waals surface area contributed by atoms with E-state index in [1.54, 1.807) is 12.1 Å². The van der Waals surface area contributed by atoms with Crippen LogP contribution in [0.4, 0.5) is 4.39 Å². The summed E-state index contributed by atoms with van der Waals surface area (Å²) in [5, 5.41) is 0. The molecule has 0 aliphatic rings. The minimum absolute atomic E-state index is 0.342. The first-order chi connectivity index (χ1) is 3.80. The van der Waals surface area contributed by atoms with Gasteiger partial charge in [-0.2, -0.15) is 0 Å². The summed E-state index contributed by atoms with van der Waals surface area (Å²) in [7, 11) is 0. The standard InChI is InChI=1S/C5H3FN.Sn/c6-5-3-1-2-4-7-5;/h1-2,4H;. The third-order valence-electron chi connectivity index (χ3n) is 0.759. The monoisotopic (exact) mass is 216 g/mol. The molecule has 0 spiro atoms. The summed E-state index contributed by atoms with van der Waals surface area (Å²) in [6.45, 7) is 0. The van der Waals surface area contributed by atoms with Crippen LogP contribution in [0, 0.1) is 5.95 Å². The van der Waals surface area contributed by atoms with E-state index in [1.165, 1.54) is 6.20 Å². The average molecular weight is 215 g/mol. The fourth-order valence-corrected chi connectivity index (χ4v) is 0.845. The molecule has 0 saturated heterocycles. The van der Waals surface area contributed by atoms with E-state index in [0.717, 1.165) is 22.5 Å². The zero-order valence-electron chi connectivity index (χ0n) is 4.06. The van der Waals surface area contributed by atoms with E-state index in [2.05, 4.69) is 4.98 Å². The Balaban J connectivity index is 3.13. The van der Waals surface area contributed by atoms with Gasteiger partial charge < -0.3 is 0 Å². The van der Waals surface area contributed by atoms with Crippen molar-refractivity contribution < 1.29 is 4.39 Å². The molecule has 1 rings (SSSR count). The van der Waals surface area contributed by atoms with Crippen LogP contribution in [0.15, 0.2) is 18.3 Å². The molecule has 1 aromatic rings. The van der Waals surface area contributed by atoms with Crippen LogP contribution in [-0.4, -0.2) is 27.5 Å². The normalized spacial score (nSPS) is 9.25. The minimum atomic E-state index is -0.342. The van der Waals surface area contributed by atoms with Crippen molar-refractivity contribution in [3.63, 3.8) is 0 Å². The van der Waals surface area contributed by atoms with Crippen LogP contribution >= 0.6 is 0 Å². The summed E-state index contributed by atoms with van der Waals surface area (Å²) in [6, 6.07) is 3.45. The second-order valence-electron chi connectivity index (χ2n) is 1.34. The van der Waals surface area contributed by atoms with Gasteiger partial charge in [0.2, 0.25) is 0 Å². The first-order valence-corrected chi connectivity index (χ1v) is 3.55. The van der Waals surface area contributed by atoms with Gasteiger partial charge in [-0.1, -0.05) is 0 Å². The molecule has 1 nitrogen and oxygen atoms in total. The van der Waals surface area contributed by atoms with Gasteiger partial charge in [0.05, 0.1) is 0 Å². The summed E-state index contributed by atoms with van der Waals surface area (Å²) in [4.78, 5) is 3.43. The second kappa shape index (κ2) is 2.44. The van der Waals surface area contributed by atoms with Crippen molar-refractivity contribution in [2.45, 2.75) is 0 Å². The van der Waals surface area contributed by atoms with Gasteiger partial charge in [0, 0.05) is 0 Å². The van der Waals surface area contributed by atoms with E-state index >= 15 is 0 Å². The molecule has 0 aliphatic heterocycles. The summed E-state index contributed by atoms with van der Waals surface area (Å²) >= 11 is 1.07. The van der Waals surface area contributed by atoms with Crippen LogP contribution < -0.4 is 3.58 Å². The van der Waals surface area contributed by atoms with Crippen molar-refractivity contribution in [3.05, 3.63) is 24.3 Å². The molecule has 0 unspecified atom stereocenters. The summed E-state index contributed by atoms with van der Waals surface area (Å²) in [6.07, 6.45) is 1.45. The Morgan fingerprint density at radius 2 is 2.38 bits per heavy atom. The Kier molecular flexibility index (Phi) is 1.83. The van der Waals surface area contributed by atoms with Gasteiger partial charge in [-0.15, -0.1) is 0 Å². The van der Waals surface area contributed by atoms with Gasteiger partial charge in [-0.05, 0) is 0 Å². The van der Waals surface area contributed by atoms with Crippen LogP contribution in [0.1, 0.15) is 0 Å². The summed E-state index contributed by atoms with van der Waals surface area (Å²) in [5.74, 6) is -0.342. The van der Waals surface area contributed by atoms with Crippen molar-refractivity contribution in [3.8, 4) is 0 Å². The maximum atomic E-state index is 12.2. The second-order valence-corrected chi connectivity index (χ2v) is 2.88. The van der Waals surface area contributed by atoms with E-state index in [1.807, 2.05) is 0 Å². The van der Waals surface area contributed by atoms with Crippen molar-refractivity contribution in [2.24, 2.45) is 0 Å². The van der Waals surface area contributed by atoms with Gasteiger partial charge in [-0.3, -0.25) is 0 Å². The Bertz CT molecular complexity index is 169. The zero-order chi connectivity index (χ0) is 5.98. The molecule has 3 radical (unpaired) electrons. The topological polar surface area (TPSA) is 12.9 Å². The molecule has 1 aromatic heterocycles. The molecule has 0 N–H and O–H groups in total. The van der Waals surface area contributed by atoms with Gasteiger partial charge in [0.25, 0.3) is 0 Å². The number of halogens is 1. The Labute approximate surface area is 60.0 Å². The number of nitrogens with zero attached hydrogens (tertiary/aromatic N) is 1. The molecular formula is C5H3FNSn. The van der Waals surface area contributed by atoms with E-state index in [4.69, 9.17) is 0 Å². The average Bonchev–Trinajstić information content (AvgIpc) is 1.77. The summed E-state index contributed by atoms with van der Waals surface area (Å²) in [5.41, 5.74) is 0. The molecular weight excluding hydrogens is 212 g/mol. The fraction of sp³-hybridized carbons (Fsp3) is 0. The molecule has 0 bridgehead atoms. The van der Waals surface area contributed by atoms with Crippen LogP contribution in [0.25, 0.3) is 0 Å². The van der Waals surface area contributed by atoms with E-state index in [9.17, 15) is 4.39 Å². The van der Waals surface area contributed by atoms with Crippen LogP contribution in [0.5, 0.6) is 0 Å². The quantitative estimate of drug-likeness (QED) is 0.438. The number of hydrogen-bond acceptors (Lipinski definition) is 1. The Hall–Kier alpha value is -0.121. The van der Waals surface area contributed by atoms with Crippen molar-refractivity contribution >= 4 is 26.1 Å². The van der Waals surface area contributed by atoms with E-state index in [-0.39, 0.29) is 5.95 Å². The number of hydrogen-bond donors (Lipinski definition) is 0. The Morgan fingerprint density at radius 1 is 1.62 bits per heavy atom.